The molecule has 1 heterocycles. The lowest BCUT2D eigenvalue weighted by Gasteiger charge is -2.28. The van der Waals surface area contributed by atoms with Crippen molar-refractivity contribution < 1.29 is 4.79 Å². The van der Waals surface area contributed by atoms with Gasteiger partial charge in [0, 0.05) is 52.0 Å². The maximum atomic E-state index is 12.6. The monoisotopic (exact) mass is 367 g/mol. The van der Waals surface area contributed by atoms with E-state index < -0.39 is 0 Å². The Hall–Kier alpha value is -1.26. The van der Waals surface area contributed by atoms with E-state index in [2.05, 4.69) is 47.9 Å². The number of rotatable bonds is 7. The fourth-order valence-corrected chi connectivity index (χ4v) is 3.64. The van der Waals surface area contributed by atoms with Crippen LogP contribution in [-0.4, -0.2) is 62.0 Å². The highest BCUT2D eigenvalue weighted by Gasteiger charge is 2.30. The topological polar surface area (TPSA) is 26.8 Å². The van der Waals surface area contributed by atoms with Gasteiger partial charge in [-0.1, -0.05) is 26.0 Å². The molecule has 0 bridgehead atoms. The lowest BCUT2D eigenvalue weighted by molar-refractivity contribution is -0.131. The number of hydrogen-bond acceptors (Lipinski definition) is 3. The molecule has 1 saturated heterocycles. The molecule has 1 aliphatic rings. The number of halogens is 1. The zero-order valence-corrected chi connectivity index (χ0v) is 17.2. The van der Waals surface area contributed by atoms with E-state index in [1.54, 1.807) is 0 Å². The van der Waals surface area contributed by atoms with E-state index in [0.717, 1.165) is 30.8 Å². The molecular weight excluding hydrogens is 334 g/mol. The van der Waals surface area contributed by atoms with E-state index in [1.165, 1.54) is 12.8 Å². The Morgan fingerprint density at radius 1 is 1.16 bits per heavy atom. The maximum absolute atomic E-state index is 12.6. The quantitative estimate of drug-likeness (QED) is 0.738. The molecule has 0 aromatic heterocycles. The summed E-state index contributed by atoms with van der Waals surface area (Å²) < 4.78 is 0. The van der Waals surface area contributed by atoms with Crippen LogP contribution in [-0.2, 0) is 11.2 Å². The van der Waals surface area contributed by atoms with E-state index in [-0.39, 0.29) is 18.3 Å². The Balaban J connectivity index is 0.00000312. The van der Waals surface area contributed by atoms with Gasteiger partial charge in [-0.3, -0.25) is 9.69 Å². The van der Waals surface area contributed by atoms with E-state index in [0.29, 0.717) is 18.5 Å². The second kappa shape index (κ2) is 10.0. The van der Waals surface area contributed by atoms with Gasteiger partial charge in [-0.25, -0.2) is 0 Å². The Labute approximate surface area is 159 Å². The van der Waals surface area contributed by atoms with E-state index in [4.69, 9.17) is 0 Å². The number of amides is 1. The van der Waals surface area contributed by atoms with Crippen LogP contribution < -0.4 is 4.90 Å². The van der Waals surface area contributed by atoms with Crippen molar-refractivity contribution in [2.45, 2.75) is 51.6 Å². The van der Waals surface area contributed by atoms with Crippen molar-refractivity contribution >= 4 is 24.0 Å². The Kier molecular flexibility index (Phi) is 8.74. The molecule has 1 unspecified atom stereocenters. The lowest BCUT2D eigenvalue weighted by Crippen LogP contribution is -2.41. The Morgan fingerprint density at radius 3 is 2.28 bits per heavy atom. The molecule has 0 radical (unpaired) electrons. The van der Waals surface area contributed by atoms with Gasteiger partial charge in [-0.2, -0.15) is 0 Å². The first-order valence-corrected chi connectivity index (χ1v) is 9.22. The van der Waals surface area contributed by atoms with E-state index in [1.807, 2.05) is 26.0 Å². The molecule has 0 aliphatic carbocycles. The fourth-order valence-electron chi connectivity index (χ4n) is 3.64. The van der Waals surface area contributed by atoms with Gasteiger partial charge in [-0.05, 0) is 37.0 Å². The number of carbonyl (C=O) groups excluding carboxylic acids is 1. The van der Waals surface area contributed by atoms with Crippen molar-refractivity contribution in [2.24, 2.45) is 0 Å². The highest BCUT2D eigenvalue weighted by molar-refractivity contribution is 5.85. The van der Waals surface area contributed by atoms with E-state index in [9.17, 15) is 4.79 Å². The zero-order valence-electron chi connectivity index (χ0n) is 16.4. The third-order valence-electron chi connectivity index (χ3n) is 5.40. The summed E-state index contributed by atoms with van der Waals surface area (Å²) in [5, 5.41) is 0. The average molecular weight is 368 g/mol. The highest BCUT2D eigenvalue weighted by atomic mass is 35.5. The Morgan fingerprint density at radius 2 is 1.76 bits per heavy atom. The molecule has 1 aliphatic heterocycles. The summed E-state index contributed by atoms with van der Waals surface area (Å²) in [5.41, 5.74) is 2.25. The van der Waals surface area contributed by atoms with Gasteiger partial charge >= 0.3 is 0 Å². The first kappa shape index (κ1) is 21.8. The van der Waals surface area contributed by atoms with Crippen LogP contribution in [0, 0.1) is 0 Å². The summed E-state index contributed by atoms with van der Waals surface area (Å²) in [6, 6.07) is 9.30. The molecule has 5 heteroatoms. The minimum absolute atomic E-state index is 0. The second-order valence-electron chi connectivity index (χ2n) is 7.15. The van der Waals surface area contributed by atoms with Gasteiger partial charge in [-0.15, -0.1) is 12.4 Å². The van der Waals surface area contributed by atoms with Crippen LogP contribution in [0.25, 0.3) is 0 Å². The summed E-state index contributed by atoms with van der Waals surface area (Å²) in [6.07, 6.45) is 3.97. The molecule has 142 valence electrons. The van der Waals surface area contributed by atoms with Crippen LogP contribution >= 0.6 is 12.4 Å². The molecule has 1 atom stereocenters. The van der Waals surface area contributed by atoms with E-state index >= 15 is 0 Å². The van der Waals surface area contributed by atoms with Crippen molar-refractivity contribution in [3.8, 4) is 0 Å². The average Bonchev–Trinajstić information content (AvgIpc) is 3.05. The zero-order chi connectivity index (χ0) is 17.7. The number of nitrogens with zero attached hydrogens (tertiary/aromatic N) is 3. The summed E-state index contributed by atoms with van der Waals surface area (Å²) >= 11 is 0. The standard InChI is InChI=1S/C20H33N3O.ClH/c1-6-17(7-2)23-13-12-19(15-23)22(5)20(24)14-16-8-10-18(11-9-16)21(3)4;/h8-11,17,19H,6-7,12-15H2,1-5H3;1H. The smallest absolute Gasteiger partial charge is 0.227 e. The van der Waals surface area contributed by atoms with Gasteiger partial charge in [0.2, 0.25) is 5.91 Å². The number of benzene rings is 1. The van der Waals surface area contributed by atoms with Crippen LogP contribution in [0.1, 0.15) is 38.7 Å². The first-order chi connectivity index (χ1) is 11.5. The molecule has 1 amide bonds. The van der Waals surface area contributed by atoms with Gasteiger partial charge in [0.05, 0.1) is 6.42 Å². The number of anilines is 1. The van der Waals surface area contributed by atoms with Gasteiger partial charge in [0.15, 0.2) is 0 Å². The number of likely N-dealkylation sites (N-methyl/N-ethyl adjacent to an activating group) is 1. The van der Waals surface area contributed by atoms with Crippen molar-refractivity contribution in [3.63, 3.8) is 0 Å². The van der Waals surface area contributed by atoms with Crippen LogP contribution in [0.5, 0.6) is 0 Å². The van der Waals surface area contributed by atoms with Gasteiger partial charge < -0.3 is 9.80 Å². The third-order valence-corrected chi connectivity index (χ3v) is 5.40. The van der Waals surface area contributed by atoms with Crippen LogP contribution in [0.15, 0.2) is 24.3 Å². The fraction of sp³-hybridized carbons (Fsp3) is 0.650. The largest absolute Gasteiger partial charge is 0.378 e. The summed E-state index contributed by atoms with van der Waals surface area (Å²) in [5.74, 6) is 0.226. The molecule has 0 saturated carbocycles. The normalized spacial score (nSPS) is 17.4. The van der Waals surface area contributed by atoms with Crippen molar-refractivity contribution in [3.05, 3.63) is 29.8 Å². The Bertz CT molecular complexity index is 528. The minimum atomic E-state index is 0. The lowest BCUT2D eigenvalue weighted by atomic mass is 10.1. The molecule has 1 aromatic carbocycles. The number of likely N-dealkylation sites (tertiary alicyclic amines) is 1. The van der Waals surface area contributed by atoms with Gasteiger partial charge in [0.1, 0.15) is 0 Å². The molecule has 4 nitrogen and oxygen atoms in total. The molecule has 0 spiro atoms. The summed E-state index contributed by atoms with van der Waals surface area (Å²) in [7, 11) is 6.02. The van der Waals surface area contributed by atoms with Crippen molar-refractivity contribution in [1.82, 2.24) is 9.80 Å². The van der Waals surface area contributed by atoms with Gasteiger partial charge in [0.25, 0.3) is 0 Å². The molecule has 2 rings (SSSR count). The van der Waals surface area contributed by atoms with Crippen molar-refractivity contribution in [1.29, 1.82) is 0 Å². The molecule has 25 heavy (non-hydrogen) atoms. The van der Waals surface area contributed by atoms with Crippen LogP contribution in [0.2, 0.25) is 0 Å². The maximum Gasteiger partial charge on any atom is 0.227 e. The molecule has 0 N–H and O–H groups in total. The second-order valence-corrected chi connectivity index (χ2v) is 7.15. The SMILES string of the molecule is CCC(CC)N1CCC(N(C)C(=O)Cc2ccc(N(C)C)cc2)C1.Cl. The molecule has 1 aromatic rings. The predicted octanol–water partition coefficient (Wildman–Crippen LogP) is 3.44. The molecule has 1 fully saturated rings. The summed E-state index contributed by atoms with van der Waals surface area (Å²) in [4.78, 5) is 19.2. The highest BCUT2D eigenvalue weighted by Crippen LogP contribution is 2.21. The minimum Gasteiger partial charge on any atom is -0.378 e. The van der Waals surface area contributed by atoms with Crippen LogP contribution in [0.3, 0.4) is 0 Å². The third kappa shape index (κ3) is 5.61. The number of carbonyl (C=O) groups is 1. The number of hydrogen-bond donors (Lipinski definition) is 0. The molecular formula is C20H34ClN3O. The van der Waals surface area contributed by atoms with Crippen molar-refractivity contribution in [2.75, 3.05) is 39.1 Å². The first-order valence-electron chi connectivity index (χ1n) is 9.22. The summed E-state index contributed by atoms with van der Waals surface area (Å²) in [6.45, 7) is 6.65. The predicted molar refractivity (Wildman–Crippen MR) is 109 cm³/mol. The van der Waals surface area contributed by atoms with Crippen LogP contribution in [0.4, 0.5) is 5.69 Å².